The quantitative estimate of drug-likeness (QED) is 0.822. The second-order valence-corrected chi connectivity index (χ2v) is 5.50. The van der Waals surface area contributed by atoms with Crippen LogP contribution in [0.5, 0.6) is 0 Å². The van der Waals surface area contributed by atoms with Gasteiger partial charge in [-0.3, -0.25) is 0 Å². The molecule has 4 heteroatoms. The van der Waals surface area contributed by atoms with Crippen LogP contribution >= 0.6 is 0 Å². The van der Waals surface area contributed by atoms with Crippen molar-refractivity contribution < 1.29 is 13.2 Å². The van der Waals surface area contributed by atoms with E-state index in [1.165, 1.54) is 6.07 Å². The molecule has 2 N–H and O–H groups in total. The Kier molecular flexibility index (Phi) is 4.50. The third kappa shape index (κ3) is 2.94. The highest BCUT2D eigenvalue weighted by atomic mass is 19.2. The molecular formula is C15H20F3N. The van der Waals surface area contributed by atoms with Gasteiger partial charge < -0.3 is 5.73 Å². The summed E-state index contributed by atoms with van der Waals surface area (Å²) in [5.74, 6) is -3.31. The van der Waals surface area contributed by atoms with E-state index in [-0.39, 0.29) is 17.5 Å². The number of halogens is 3. The summed E-state index contributed by atoms with van der Waals surface area (Å²) in [6.07, 6.45) is 4.77. The molecule has 1 nitrogen and oxygen atoms in total. The molecule has 3 unspecified atom stereocenters. The minimum Gasteiger partial charge on any atom is -0.327 e. The van der Waals surface area contributed by atoms with Crippen molar-refractivity contribution in [2.24, 2.45) is 11.7 Å². The Balaban J connectivity index is 2.26. The summed E-state index contributed by atoms with van der Waals surface area (Å²) < 4.78 is 40.2. The van der Waals surface area contributed by atoms with Gasteiger partial charge >= 0.3 is 0 Å². The van der Waals surface area contributed by atoms with Crippen LogP contribution in [-0.4, -0.2) is 6.04 Å². The maximum absolute atomic E-state index is 13.9. The lowest BCUT2D eigenvalue weighted by Gasteiger charge is -2.34. The van der Waals surface area contributed by atoms with E-state index in [9.17, 15) is 13.2 Å². The van der Waals surface area contributed by atoms with E-state index < -0.39 is 17.5 Å². The van der Waals surface area contributed by atoms with E-state index in [1.807, 2.05) is 0 Å². The average molecular weight is 271 g/mol. The predicted octanol–water partition coefficient (Wildman–Crippen LogP) is 4.12. The standard InChI is InChI=1S/C15H20F3N/c1-2-3-9-4-7-13(19)11(8-9)10-5-6-12(16)15(18)14(10)17/h5-6,9,11,13H,2-4,7-8,19H2,1H3. The van der Waals surface area contributed by atoms with Crippen LogP contribution in [0.4, 0.5) is 13.2 Å². The van der Waals surface area contributed by atoms with Crippen molar-refractivity contribution in [1.29, 1.82) is 0 Å². The minimum atomic E-state index is -1.39. The number of hydrogen-bond donors (Lipinski definition) is 1. The van der Waals surface area contributed by atoms with Crippen LogP contribution in [-0.2, 0) is 0 Å². The van der Waals surface area contributed by atoms with Crippen molar-refractivity contribution in [2.75, 3.05) is 0 Å². The second-order valence-electron chi connectivity index (χ2n) is 5.50. The van der Waals surface area contributed by atoms with Gasteiger partial charge in [-0.25, -0.2) is 13.2 Å². The minimum absolute atomic E-state index is 0.174. The lowest BCUT2D eigenvalue weighted by Crippen LogP contribution is -2.35. The van der Waals surface area contributed by atoms with E-state index in [4.69, 9.17) is 5.73 Å². The molecule has 3 atom stereocenters. The van der Waals surface area contributed by atoms with Crippen LogP contribution in [0.25, 0.3) is 0 Å². The first-order valence-corrected chi connectivity index (χ1v) is 6.93. The van der Waals surface area contributed by atoms with Crippen LogP contribution in [0.2, 0.25) is 0 Å². The number of benzene rings is 1. The monoisotopic (exact) mass is 271 g/mol. The van der Waals surface area contributed by atoms with Gasteiger partial charge in [0.15, 0.2) is 17.5 Å². The first kappa shape index (κ1) is 14.4. The number of rotatable bonds is 3. The van der Waals surface area contributed by atoms with E-state index >= 15 is 0 Å². The van der Waals surface area contributed by atoms with Crippen LogP contribution < -0.4 is 5.73 Å². The molecule has 1 aromatic rings. The fourth-order valence-corrected chi connectivity index (χ4v) is 3.14. The summed E-state index contributed by atoms with van der Waals surface area (Å²) in [6, 6.07) is 2.16. The second kappa shape index (κ2) is 5.95. The largest absolute Gasteiger partial charge is 0.327 e. The van der Waals surface area contributed by atoms with Gasteiger partial charge in [0.2, 0.25) is 0 Å². The van der Waals surface area contributed by atoms with Crippen molar-refractivity contribution >= 4 is 0 Å². The average Bonchev–Trinajstić information content (AvgIpc) is 2.39. The van der Waals surface area contributed by atoms with Gasteiger partial charge in [0.05, 0.1) is 0 Å². The molecule has 0 saturated heterocycles. The van der Waals surface area contributed by atoms with Crippen LogP contribution in [0.1, 0.15) is 50.5 Å². The van der Waals surface area contributed by atoms with Gasteiger partial charge in [0.25, 0.3) is 0 Å². The molecule has 0 aliphatic heterocycles. The summed E-state index contributed by atoms with van der Waals surface area (Å²) >= 11 is 0. The maximum Gasteiger partial charge on any atom is 0.194 e. The molecule has 1 aromatic carbocycles. The first-order valence-electron chi connectivity index (χ1n) is 6.93. The summed E-state index contributed by atoms with van der Waals surface area (Å²) in [4.78, 5) is 0. The van der Waals surface area contributed by atoms with Crippen LogP contribution in [0, 0.1) is 23.4 Å². The SMILES string of the molecule is CCCC1CCC(N)C(c2ccc(F)c(F)c2F)C1. The van der Waals surface area contributed by atoms with Crippen molar-refractivity contribution in [2.45, 2.75) is 51.0 Å². The molecule has 0 radical (unpaired) electrons. The fraction of sp³-hybridized carbons (Fsp3) is 0.600. The zero-order valence-electron chi connectivity index (χ0n) is 11.1. The Labute approximate surface area is 112 Å². The highest BCUT2D eigenvalue weighted by Crippen LogP contribution is 2.38. The molecule has 0 spiro atoms. The molecule has 1 aliphatic carbocycles. The van der Waals surface area contributed by atoms with Gasteiger partial charge in [-0.2, -0.15) is 0 Å². The summed E-state index contributed by atoms with van der Waals surface area (Å²) in [5, 5.41) is 0. The Morgan fingerprint density at radius 1 is 1.16 bits per heavy atom. The third-order valence-corrected chi connectivity index (χ3v) is 4.17. The molecule has 106 valence electrons. The Hall–Kier alpha value is -1.03. The lowest BCUT2D eigenvalue weighted by atomic mass is 9.73. The van der Waals surface area contributed by atoms with Crippen molar-refractivity contribution in [3.63, 3.8) is 0 Å². The molecule has 1 aliphatic rings. The number of nitrogens with two attached hydrogens (primary N) is 1. The van der Waals surface area contributed by atoms with Crippen molar-refractivity contribution in [1.82, 2.24) is 0 Å². The van der Waals surface area contributed by atoms with E-state index in [1.54, 1.807) is 0 Å². The van der Waals surface area contributed by atoms with Gasteiger partial charge in [-0.1, -0.05) is 25.8 Å². The predicted molar refractivity (Wildman–Crippen MR) is 69.3 cm³/mol. The van der Waals surface area contributed by atoms with E-state index in [0.29, 0.717) is 5.92 Å². The smallest absolute Gasteiger partial charge is 0.194 e. The Morgan fingerprint density at radius 3 is 2.58 bits per heavy atom. The Bertz CT molecular complexity index is 447. The lowest BCUT2D eigenvalue weighted by molar-refractivity contribution is 0.268. The molecule has 0 aromatic heterocycles. The van der Waals surface area contributed by atoms with Crippen LogP contribution in [0.3, 0.4) is 0 Å². The molecular weight excluding hydrogens is 251 g/mol. The first-order chi connectivity index (χ1) is 9.04. The highest BCUT2D eigenvalue weighted by molar-refractivity contribution is 5.26. The zero-order chi connectivity index (χ0) is 14.0. The Morgan fingerprint density at radius 2 is 1.89 bits per heavy atom. The van der Waals surface area contributed by atoms with Crippen molar-refractivity contribution in [3.8, 4) is 0 Å². The van der Waals surface area contributed by atoms with Crippen molar-refractivity contribution in [3.05, 3.63) is 35.1 Å². The normalized spacial score (nSPS) is 27.5. The zero-order valence-corrected chi connectivity index (χ0v) is 11.1. The van der Waals surface area contributed by atoms with Gasteiger partial charge in [0.1, 0.15) is 0 Å². The molecule has 1 fully saturated rings. The van der Waals surface area contributed by atoms with Crippen LogP contribution in [0.15, 0.2) is 12.1 Å². The molecule has 2 rings (SSSR count). The van der Waals surface area contributed by atoms with E-state index in [0.717, 1.165) is 38.2 Å². The van der Waals surface area contributed by atoms with Gasteiger partial charge in [0, 0.05) is 12.0 Å². The summed E-state index contributed by atoms with van der Waals surface area (Å²) in [5.41, 5.74) is 6.27. The topological polar surface area (TPSA) is 26.0 Å². The summed E-state index contributed by atoms with van der Waals surface area (Å²) in [6.45, 7) is 2.11. The molecule has 1 saturated carbocycles. The van der Waals surface area contributed by atoms with Gasteiger partial charge in [-0.15, -0.1) is 0 Å². The molecule has 0 amide bonds. The van der Waals surface area contributed by atoms with E-state index in [2.05, 4.69) is 6.92 Å². The molecule has 19 heavy (non-hydrogen) atoms. The number of hydrogen-bond acceptors (Lipinski definition) is 1. The molecule has 0 heterocycles. The van der Waals surface area contributed by atoms with Gasteiger partial charge in [-0.05, 0) is 36.8 Å². The third-order valence-electron chi connectivity index (χ3n) is 4.17. The maximum atomic E-state index is 13.9. The molecule has 0 bridgehead atoms. The fourth-order valence-electron chi connectivity index (χ4n) is 3.14. The summed E-state index contributed by atoms with van der Waals surface area (Å²) in [7, 11) is 0. The highest BCUT2D eigenvalue weighted by Gasteiger charge is 2.31.